The Balaban J connectivity index is 1.42. The fraction of sp³-hybridized carbons (Fsp3) is 0.167. The molecule has 3 aromatic carbocycles. The number of amides is 2. The smallest absolute Gasteiger partial charge is 0.243 e. The molecule has 2 amide bonds. The van der Waals surface area contributed by atoms with Crippen molar-refractivity contribution in [3.05, 3.63) is 90.0 Å². The monoisotopic (exact) mass is 387 g/mol. The van der Waals surface area contributed by atoms with E-state index in [0.717, 1.165) is 28.2 Å². The maximum atomic E-state index is 12.1. The van der Waals surface area contributed by atoms with Crippen molar-refractivity contribution in [2.45, 2.75) is 19.8 Å². The van der Waals surface area contributed by atoms with Crippen LogP contribution >= 0.6 is 0 Å². The van der Waals surface area contributed by atoms with Gasteiger partial charge in [0.2, 0.25) is 11.8 Å². The third-order valence-electron chi connectivity index (χ3n) is 4.41. The van der Waals surface area contributed by atoms with Gasteiger partial charge >= 0.3 is 0 Å². The summed E-state index contributed by atoms with van der Waals surface area (Å²) in [5.41, 5.74) is 4.57. The van der Waals surface area contributed by atoms with Crippen molar-refractivity contribution in [3.63, 3.8) is 0 Å². The van der Waals surface area contributed by atoms with Crippen LogP contribution in [-0.4, -0.2) is 18.4 Å². The molecule has 0 unspecified atom stereocenters. The molecule has 5 heteroatoms. The number of hydrogen-bond acceptors (Lipinski definition) is 3. The molecule has 3 aromatic rings. The molecule has 0 spiro atoms. The van der Waals surface area contributed by atoms with E-state index in [4.69, 9.17) is 0 Å². The first-order valence-corrected chi connectivity index (χ1v) is 9.63. The lowest BCUT2D eigenvalue weighted by Gasteiger charge is -2.10. The number of rotatable bonds is 8. The van der Waals surface area contributed by atoms with Crippen molar-refractivity contribution in [2.75, 3.05) is 22.5 Å². The van der Waals surface area contributed by atoms with Crippen LogP contribution in [0.1, 0.15) is 17.5 Å². The summed E-state index contributed by atoms with van der Waals surface area (Å²) in [4.78, 5) is 24.2. The summed E-state index contributed by atoms with van der Waals surface area (Å²) in [5, 5.41) is 8.84. The van der Waals surface area contributed by atoms with Crippen molar-refractivity contribution in [3.8, 4) is 0 Å². The summed E-state index contributed by atoms with van der Waals surface area (Å²) in [6, 6.07) is 24.9. The molecule has 0 aliphatic rings. The van der Waals surface area contributed by atoms with Crippen LogP contribution in [0.3, 0.4) is 0 Å². The number of nitrogens with one attached hydrogen (secondary N) is 3. The second-order valence-electron chi connectivity index (χ2n) is 6.88. The quantitative estimate of drug-likeness (QED) is 0.528. The van der Waals surface area contributed by atoms with Gasteiger partial charge in [-0.1, -0.05) is 42.5 Å². The van der Waals surface area contributed by atoms with E-state index in [1.807, 2.05) is 85.8 Å². The number of hydrogen-bond donors (Lipinski definition) is 3. The van der Waals surface area contributed by atoms with Crippen molar-refractivity contribution < 1.29 is 9.59 Å². The van der Waals surface area contributed by atoms with Crippen LogP contribution in [0.15, 0.2) is 78.9 Å². The summed E-state index contributed by atoms with van der Waals surface area (Å²) in [6.45, 7) is 2.15. The van der Waals surface area contributed by atoms with Gasteiger partial charge in [-0.05, 0) is 60.9 Å². The molecule has 0 saturated carbocycles. The highest BCUT2D eigenvalue weighted by atomic mass is 16.2. The standard InChI is InChI=1S/C24H25N3O2/c1-18-6-5-9-22(16-18)27-24(29)17-25-20-11-13-21(14-12-20)26-23(28)15-10-19-7-3-2-4-8-19/h2-9,11-14,16,25H,10,15,17H2,1H3,(H,26,28)(H,27,29). The van der Waals surface area contributed by atoms with Crippen LogP contribution in [0.4, 0.5) is 17.1 Å². The molecule has 148 valence electrons. The lowest BCUT2D eigenvalue weighted by molar-refractivity contribution is -0.116. The number of aryl methyl sites for hydroxylation is 2. The Morgan fingerprint density at radius 3 is 2.14 bits per heavy atom. The van der Waals surface area contributed by atoms with Crippen molar-refractivity contribution >= 4 is 28.9 Å². The maximum Gasteiger partial charge on any atom is 0.243 e. The Morgan fingerprint density at radius 1 is 0.724 bits per heavy atom. The van der Waals surface area contributed by atoms with Crippen molar-refractivity contribution in [1.29, 1.82) is 0 Å². The summed E-state index contributed by atoms with van der Waals surface area (Å²) in [6.07, 6.45) is 1.14. The van der Waals surface area contributed by atoms with Crippen LogP contribution in [0.5, 0.6) is 0 Å². The fourth-order valence-corrected chi connectivity index (χ4v) is 2.91. The zero-order valence-corrected chi connectivity index (χ0v) is 16.4. The predicted molar refractivity (Wildman–Crippen MR) is 118 cm³/mol. The van der Waals surface area contributed by atoms with E-state index in [0.29, 0.717) is 12.8 Å². The Morgan fingerprint density at radius 2 is 1.41 bits per heavy atom. The Bertz CT molecular complexity index is 953. The molecule has 0 fully saturated rings. The molecule has 0 aliphatic heterocycles. The van der Waals surface area contributed by atoms with Crippen molar-refractivity contribution in [2.24, 2.45) is 0 Å². The largest absolute Gasteiger partial charge is 0.376 e. The lowest BCUT2D eigenvalue weighted by atomic mass is 10.1. The number of carbonyl (C=O) groups is 2. The van der Waals surface area contributed by atoms with Gasteiger partial charge in [0.1, 0.15) is 0 Å². The molecule has 0 heterocycles. The second-order valence-corrected chi connectivity index (χ2v) is 6.88. The minimum atomic E-state index is -0.117. The van der Waals surface area contributed by atoms with E-state index in [1.165, 1.54) is 0 Å². The summed E-state index contributed by atoms with van der Waals surface area (Å²) in [5.74, 6) is -0.138. The van der Waals surface area contributed by atoms with E-state index in [2.05, 4.69) is 16.0 Å². The van der Waals surface area contributed by atoms with Crippen molar-refractivity contribution in [1.82, 2.24) is 0 Å². The zero-order valence-electron chi connectivity index (χ0n) is 16.4. The van der Waals surface area contributed by atoms with Crippen LogP contribution in [0.25, 0.3) is 0 Å². The summed E-state index contributed by atoms with van der Waals surface area (Å²) < 4.78 is 0. The molecule has 0 aliphatic carbocycles. The Hall–Kier alpha value is -3.60. The predicted octanol–water partition coefficient (Wildman–Crippen LogP) is 4.62. The van der Waals surface area contributed by atoms with Gasteiger partial charge in [0.15, 0.2) is 0 Å². The molecule has 0 bridgehead atoms. The molecule has 3 rings (SSSR count). The molecule has 29 heavy (non-hydrogen) atoms. The molecule has 0 radical (unpaired) electrons. The summed E-state index contributed by atoms with van der Waals surface area (Å²) >= 11 is 0. The first-order valence-electron chi connectivity index (χ1n) is 9.63. The maximum absolute atomic E-state index is 12.1. The van der Waals surface area contributed by atoms with Crippen LogP contribution in [0.2, 0.25) is 0 Å². The summed E-state index contributed by atoms with van der Waals surface area (Å²) in [7, 11) is 0. The molecular weight excluding hydrogens is 362 g/mol. The molecule has 3 N–H and O–H groups in total. The Kier molecular flexibility index (Phi) is 7.00. The third-order valence-corrected chi connectivity index (χ3v) is 4.41. The minimum absolute atomic E-state index is 0.0212. The van der Waals surface area contributed by atoms with Gasteiger partial charge in [0.05, 0.1) is 6.54 Å². The van der Waals surface area contributed by atoms with Gasteiger partial charge in [-0.3, -0.25) is 9.59 Å². The normalized spacial score (nSPS) is 10.2. The van der Waals surface area contributed by atoms with Gasteiger partial charge in [0, 0.05) is 23.5 Å². The molecular formula is C24H25N3O2. The fourth-order valence-electron chi connectivity index (χ4n) is 2.91. The number of carbonyl (C=O) groups excluding carboxylic acids is 2. The van der Waals surface area contributed by atoms with Gasteiger partial charge in [0.25, 0.3) is 0 Å². The van der Waals surface area contributed by atoms with E-state index in [9.17, 15) is 9.59 Å². The highest BCUT2D eigenvalue weighted by Gasteiger charge is 2.05. The average Bonchev–Trinajstić information content (AvgIpc) is 2.72. The highest BCUT2D eigenvalue weighted by molar-refractivity contribution is 5.94. The van der Waals surface area contributed by atoms with E-state index >= 15 is 0 Å². The van der Waals surface area contributed by atoms with Gasteiger partial charge in [-0.15, -0.1) is 0 Å². The Labute approximate surface area is 171 Å². The zero-order chi connectivity index (χ0) is 20.5. The van der Waals surface area contributed by atoms with Crippen LogP contribution < -0.4 is 16.0 Å². The van der Waals surface area contributed by atoms with Gasteiger partial charge in [-0.25, -0.2) is 0 Å². The van der Waals surface area contributed by atoms with Gasteiger partial charge < -0.3 is 16.0 Å². The molecule has 5 nitrogen and oxygen atoms in total. The molecule has 0 aromatic heterocycles. The third kappa shape index (κ3) is 6.81. The van der Waals surface area contributed by atoms with E-state index in [1.54, 1.807) is 0 Å². The first-order chi connectivity index (χ1) is 14.1. The van der Waals surface area contributed by atoms with E-state index in [-0.39, 0.29) is 18.4 Å². The molecule has 0 saturated heterocycles. The average molecular weight is 387 g/mol. The first kappa shape index (κ1) is 20.1. The highest BCUT2D eigenvalue weighted by Crippen LogP contribution is 2.14. The topological polar surface area (TPSA) is 70.2 Å². The number of benzene rings is 3. The minimum Gasteiger partial charge on any atom is -0.376 e. The number of anilines is 3. The SMILES string of the molecule is Cc1cccc(NC(=O)CNc2ccc(NC(=O)CCc3ccccc3)cc2)c1. The second kappa shape index (κ2) is 10.1. The van der Waals surface area contributed by atoms with E-state index < -0.39 is 0 Å². The molecule has 0 atom stereocenters. The van der Waals surface area contributed by atoms with Crippen LogP contribution in [-0.2, 0) is 16.0 Å². The lowest BCUT2D eigenvalue weighted by Crippen LogP contribution is -2.21. The van der Waals surface area contributed by atoms with Crippen LogP contribution in [0, 0.1) is 6.92 Å². The van der Waals surface area contributed by atoms with Gasteiger partial charge in [-0.2, -0.15) is 0 Å².